The number of hydrogen-bond donors (Lipinski definition) is 1. The number of carbonyl (C=O) groups is 1. The molecule has 0 aliphatic carbocycles. The van der Waals surface area contributed by atoms with Crippen LogP contribution in [0.25, 0.3) is 0 Å². The lowest BCUT2D eigenvalue weighted by Crippen LogP contribution is -2.48. The summed E-state index contributed by atoms with van der Waals surface area (Å²) in [7, 11) is 0. The van der Waals surface area contributed by atoms with Gasteiger partial charge >= 0.3 is 0 Å². The highest BCUT2D eigenvalue weighted by Gasteiger charge is 2.31. The van der Waals surface area contributed by atoms with E-state index in [1.807, 2.05) is 19.1 Å². The van der Waals surface area contributed by atoms with Crippen LogP contribution in [0.15, 0.2) is 24.7 Å². The van der Waals surface area contributed by atoms with Gasteiger partial charge in [0.2, 0.25) is 0 Å². The normalized spacial score (nSPS) is 17.8. The van der Waals surface area contributed by atoms with Crippen molar-refractivity contribution in [2.75, 3.05) is 16.8 Å². The van der Waals surface area contributed by atoms with Gasteiger partial charge in [-0.15, -0.1) is 0 Å². The summed E-state index contributed by atoms with van der Waals surface area (Å²) >= 11 is 0. The molecule has 8 nitrogen and oxygen atoms in total. The van der Waals surface area contributed by atoms with Crippen molar-refractivity contribution >= 4 is 17.5 Å². The number of amides is 1. The Morgan fingerprint density at radius 3 is 3.13 bits per heavy atom. The minimum absolute atomic E-state index is 0.0180. The van der Waals surface area contributed by atoms with Gasteiger partial charge in [0.15, 0.2) is 5.69 Å². The minimum atomic E-state index is -0.382. The topological polar surface area (TPSA) is 99.7 Å². The first-order valence-corrected chi connectivity index (χ1v) is 7.54. The molecule has 2 aromatic heterocycles. The van der Waals surface area contributed by atoms with Crippen LogP contribution in [0.4, 0.5) is 11.6 Å². The van der Waals surface area contributed by atoms with E-state index in [1.165, 1.54) is 12.4 Å². The zero-order chi connectivity index (χ0) is 16.2. The van der Waals surface area contributed by atoms with Crippen molar-refractivity contribution in [1.29, 1.82) is 5.26 Å². The van der Waals surface area contributed by atoms with Crippen LogP contribution in [0, 0.1) is 11.3 Å². The predicted molar refractivity (Wildman–Crippen MR) is 83.6 cm³/mol. The lowest BCUT2D eigenvalue weighted by Gasteiger charge is -2.32. The molecule has 0 aromatic carbocycles. The highest BCUT2D eigenvalue weighted by Crippen LogP contribution is 2.22. The quantitative estimate of drug-likeness (QED) is 0.910. The zero-order valence-corrected chi connectivity index (χ0v) is 12.8. The molecule has 1 aliphatic heterocycles. The van der Waals surface area contributed by atoms with Crippen LogP contribution in [-0.2, 0) is 11.3 Å². The van der Waals surface area contributed by atoms with Gasteiger partial charge in [0.1, 0.15) is 23.7 Å². The van der Waals surface area contributed by atoms with Crippen molar-refractivity contribution in [3.8, 4) is 6.07 Å². The smallest absolute Gasteiger partial charge is 0.250 e. The van der Waals surface area contributed by atoms with Gasteiger partial charge in [0.05, 0.1) is 18.6 Å². The molecule has 8 heteroatoms. The number of nitriles is 1. The van der Waals surface area contributed by atoms with E-state index in [-0.39, 0.29) is 17.6 Å². The van der Waals surface area contributed by atoms with Crippen LogP contribution in [0.1, 0.15) is 25.5 Å². The fraction of sp³-hybridized carbons (Fsp3) is 0.400. The van der Waals surface area contributed by atoms with E-state index in [0.717, 1.165) is 12.2 Å². The number of piperidine rings is 1. The Bertz CT molecular complexity index is 748. The summed E-state index contributed by atoms with van der Waals surface area (Å²) in [6, 6.07) is 3.41. The number of rotatable bonds is 4. The number of nitrogens with zero attached hydrogens (tertiary/aromatic N) is 6. The number of anilines is 2. The van der Waals surface area contributed by atoms with Gasteiger partial charge in [-0.1, -0.05) is 0 Å². The Labute approximate surface area is 133 Å². The third-order valence-electron chi connectivity index (χ3n) is 3.78. The summed E-state index contributed by atoms with van der Waals surface area (Å²) in [4.78, 5) is 22.6. The van der Waals surface area contributed by atoms with Crippen LogP contribution in [0.2, 0.25) is 0 Å². The van der Waals surface area contributed by atoms with Gasteiger partial charge in [-0.2, -0.15) is 10.4 Å². The predicted octanol–water partition coefficient (Wildman–Crippen LogP) is 1.17. The molecule has 0 saturated carbocycles. The molecule has 1 amide bonds. The maximum Gasteiger partial charge on any atom is 0.250 e. The molecule has 0 radical (unpaired) electrons. The van der Waals surface area contributed by atoms with E-state index in [9.17, 15) is 4.79 Å². The number of hydrogen-bond acceptors (Lipinski definition) is 6. The van der Waals surface area contributed by atoms with E-state index in [0.29, 0.717) is 25.3 Å². The maximum absolute atomic E-state index is 12.8. The Balaban J connectivity index is 1.78. The molecule has 3 heterocycles. The van der Waals surface area contributed by atoms with Gasteiger partial charge in [-0.05, 0) is 19.8 Å². The van der Waals surface area contributed by atoms with Crippen LogP contribution in [0.5, 0.6) is 0 Å². The molecule has 1 aliphatic rings. The summed E-state index contributed by atoms with van der Waals surface area (Å²) in [5.74, 6) is 1.23. The fourth-order valence-electron chi connectivity index (χ4n) is 2.70. The van der Waals surface area contributed by atoms with Crippen molar-refractivity contribution in [2.24, 2.45) is 0 Å². The first-order valence-electron chi connectivity index (χ1n) is 7.54. The van der Waals surface area contributed by atoms with E-state index in [4.69, 9.17) is 5.26 Å². The Kier molecular flexibility index (Phi) is 4.19. The summed E-state index contributed by atoms with van der Waals surface area (Å²) in [6.07, 6.45) is 6.20. The van der Waals surface area contributed by atoms with Crippen molar-refractivity contribution in [1.82, 2.24) is 19.7 Å². The number of carbonyl (C=O) groups excluding carboxylic acids is 1. The summed E-state index contributed by atoms with van der Waals surface area (Å²) < 4.78 is 1.80. The molecular weight excluding hydrogens is 294 g/mol. The summed E-state index contributed by atoms with van der Waals surface area (Å²) in [6.45, 7) is 3.37. The van der Waals surface area contributed by atoms with Gasteiger partial charge in [0.25, 0.3) is 5.91 Å². The van der Waals surface area contributed by atoms with Crippen LogP contribution >= 0.6 is 0 Å². The van der Waals surface area contributed by atoms with Crippen molar-refractivity contribution in [3.63, 3.8) is 0 Å². The van der Waals surface area contributed by atoms with Crippen LogP contribution < -0.4 is 10.2 Å². The lowest BCUT2D eigenvalue weighted by molar-refractivity contribution is -0.120. The first-order chi connectivity index (χ1) is 11.2. The van der Waals surface area contributed by atoms with Crippen molar-refractivity contribution in [2.45, 2.75) is 32.4 Å². The van der Waals surface area contributed by atoms with E-state index >= 15 is 0 Å². The standard InChI is InChI=1S/C15H17N7O/c1-2-22-14(5-6-18-22)21-7-3-4-12(15(21)23)20-13-10-17-9-11(8-16)19-13/h5-6,9-10,12H,2-4,7H2,1H3,(H,19,20)/t12-/m1/s1. The molecule has 1 atom stereocenters. The van der Waals surface area contributed by atoms with Gasteiger partial charge < -0.3 is 5.32 Å². The van der Waals surface area contributed by atoms with Gasteiger partial charge in [-0.25, -0.2) is 9.67 Å². The number of aryl methyl sites for hydroxylation is 1. The molecule has 0 spiro atoms. The largest absolute Gasteiger partial charge is 0.357 e. The third-order valence-corrected chi connectivity index (χ3v) is 3.78. The number of nitrogens with one attached hydrogen (secondary N) is 1. The fourth-order valence-corrected chi connectivity index (χ4v) is 2.70. The van der Waals surface area contributed by atoms with E-state index < -0.39 is 0 Å². The molecule has 118 valence electrons. The average molecular weight is 311 g/mol. The van der Waals surface area contributed by atoms with Crippen molar-refractivity contribution < 1.29 is 4.79 Å². The van der Waals surface area contributed by atoms with Gasteiger partial charge in [-0.3, -0.25) is 14.7 Å². The number of aromatic nitrogens is 4. The second-order valence-electron chi connectivity index (χ2n) is 5.24. The summed E-state index contributed by atoms with van der Waals surface area (Å²) in [5, 5.41) is 16.2. The highest BCUT2D eigenvalue weighted by molar-refractivity contribution is 5.98. The molecule has 1 N–H and O–H groups in total. The molecule has 2 aromatic rings. The molecule has 0 bridgehead atoms. The van der Waals surface area contributed by atoms with E-state index in [1.54, 1.807) is 15.8 Å². The SMILES string of the molecule is CCn1nccc1N1CCC[C@@H](Nc2cncc(C#N)n2)C1=O. The van der Waals surface area contributed by atoms with Gasteiger partial charge in [0, 0.05) is 19.2 Å². The Morgan fingerprint density at radius 2 is 2.35 bits per heavy atom. The Morgan fingerprint density at radius 1 is 1.48 bits per heavy atom. The Hall–Kier alpha value is -2.95. The lowest BCUT2D eigenvalue weighted by atomic mass is 10.0. The molecule has 1 saturated heterocycles. The minimum Gasteiger partial charge on any atom is -0.357 e. The average Bonchev–Trinajstić information content (AvgIpc) is 3.05. The molecule has 23 heavy (non-hydrogen) atoms. The molecule has 1 fully saturated rings. The second-order valence-corrected chi connectivity index (χ2v) is 5.24. The highest BCUT2D eigenvalue weighted by atomic mass is 16.2. The molecular formula is C15H17N7O. The third kappa shape index (κ3) is 2.99. The monoisotopic (exact) mass is 311 g/mol. The van der Waals surface area contributed by atoms with E-state index in [2.05, 4.69) is 20.4 Å². The second kappa shape index (κ2) is 6.44. The van der Waals surface area contributed by atoms with Crippen molar-refractivity contribution in [3.05, 3.63) is 30.4 Å². The first kappa shape index (κ1) is 15.0. The van der Waals surface area contributed by atoms with Crippen LogP contribution in [-0.4, -0.2) is 38.2 Å². The summed E-state index contributed by atoms with van der Waals surface area (Å²) in [5.41, 5.74) is 0.221. The van der Waals surface area contributed by atoms with Crippen LogP contribution in [0.3, 0.4) is 0 Å². The zero-order valence-electron chi connectivity index (χ0n) is 12.8. The molecule has 0 unspecified atom stereocenters. The molecule has 3 rings (SSSR count). The maximum atomic E-state index is 12.8.